The van der Waals surface area contributed by atoms with Gasteiger partial charge in [0, 0.05) is 24.2 Å². The lowest BCUT2D eigenvalue weighted by molar-refractivity contribution is 0.834. The first-order valence-electron chi connectivity index (χ1n) is 18.3. The molecule has 0 saturated carbocycles. The minimum atomic E-state index is 0.891. The number of H-pyrrole nitrogens is 2. The minimum absolute atomic E-state index is 0.891. The normalized spacial score (nSPS) is 14.8. The van der Waals surface area contributed by atoms with Gasteiger partial charge in [-0.25, -0.2) is 9.98 Å². The SMILES string of the molecule is CCCCNc1cc2[nH]c1C(c1c(C)cc(C)cc1C)=C1C=CC(=N1)c1cc(NCCCC)c([nH]1)C(c1c(C)cc(C)cc1C)=C1C=CC2=N1. The van der Waals surface area contributed by atoms with Gasteiger partial charge in [0.2, 0.25) is 0 Å². The van der Waals surface area contributed by atoms with Crippen molar-refractivity contribution in [3.63, 3.8) is 0 Å². The van der Waals surface area contributed by atoms with Gasteiger partial charge in [-0.2, -0.15) is 0 Å². The van der Waals surface area contributed by atoms with Crippen LogP contribution in [0.15, 0.2) is 82.1 Å². The number of fused-ring (bicyclic) bond motifs is 8. The van der Waals surface area contributed by atoms with Crippen LogP contribution in [-0.2, 0) is 0 Å². The van der Waals surface area contributed by atoms with Crippen molar-refractivity contribution >= 4 is 33.9 Å². The summed E-state index contributed by atoms with van der Waals surface area (Å²) in [6.45, 7) is 19.5. The van der Waals surface area contributed by atoms with E-state index in [1.54, 1.807) is 0 Å². The maximum atomic E-state index is 5.41. The molecule has 0 radical (unpaired) electrons. The van der Waals surface area contributed by atoms with Crippen molar-refractivity contribution in [2.75, 3.05) is 23.7 Å². The molecule has 3 aliphatic heterocycles. The molecular formula is C44H50N6. The topological polar surface area (TPSA) is 80.4 Å². The summed E-state index contributed by atoms with van der Waals surface area (Å²) in [5.41, 5.74) is 22.0. The minimum Gasteiger partial charge on any atom is -0.383 e. The van der Waals surface area contributed by atoms with Gasteiger partial charge in [-0.05, 0) is 124 Å². The zero-order valence-corrected chi connectivity index (χ0v) is 30.9. The van der Waals surface area contributed by atoms with Gasteiger partial charge in [0.1, 0.15) is 0 Å². The molecule has 5 heterocycles. The third-order valence-corrected chi connectivity index (χ3v) is 10.0. The summed E-state index contributed by atoms with van der Waals surface area (Å²) in [6, 6.07) is 13.6. The average molecular weight is 663 g/mol. The first-order chi connectivity index (χ1) is 24.2. The fourth-order valence-electron chi connectivity index (χ4n) is 7.87. The standard InChI is InChI=1S/C44H50N6/c1-9-11-17-45-37-23-35-31-13-16-34(47-31)42(40-29(7)21-26(4)22-30(40)8)44-38(46-18-12-10-2)24-36(50-44)32-14-15-33(48-32)41(43(37)49-35)39-27(5)19-25(3)20-28(39)6/h13-16,19-24,45-46,49-50H,9-12,17-18H2,1-8H3. The Bertz CT molecular complexity index is 1990. The van der Waals surface area contributed by atoms with E-state index in [-0.39, 0.29) is 0 Å². The molecule has 256 valence electrons. The van der Waals surface area contributed by atoms with Crippen LogP contribution >= 0.6 is 0 Å². The van der Waals surface area contributed by atoms with Crippen molar-refractivity contribution in [3.05, 3.63) is 139 Å². The van der Waals surface area contributed by atoms with Gasteiger partial charge in [0.15, 0.2) is 0 Å². The smallest absolute Gasteiger partial charge is 0.0873 e. The lowest BCUT2D eigenvalue weighted by atomic mass is 9.90. The molecule has 4 aromatic rings. The fourth-order valence-corrected chi connectivity index (χ4v) is 7.87. The molecule has 3 aliphatic rings. The van der Waals surface area contributed by atoms with E-state index in [9.17, 15) is 0 Å². The number of aromatic nitrogens is 2. The Hall–Kier alpha value is -5.10. The summed E-state index contributed by atoms with van der Waals surface area (Å²) in [6.07, 6.45) is 13.1. The number of anilines is 2. The van der Waals surface area contributed by atoms with Crippen LogP contribution in [0.5, 0.6) is 0 Å². The summed E-state index contributed by atoms with van der Waals surface area (Å²) in [5, 5.41) is 7.58. The predicted octanol–water partition coefficient (Wildman–Crippen LogP) is 10.6. The largest absolute Gasteiger partial charge is 0.383 e. The second kappa shape index (κ2) is 13.7. The quantitative estimate of drug-likeness (QED) is 0.128. The molecule has 6 nitrogen and oxygen atoms in total. The van der Waals surface area contributed by atoms with Gasteiger partial charge >= 0.3 is 0 Å². The third-order valence-electron chi connectivity index (χ3n) is 10.0. The number of unbranched alkanes of at least 4 members (excludes halogenated alkanes) is 2. The van der Waals surface area contributed by atoms with Crippen LogP contribution in [0.4, 0.5) is 11.4 Å². The highest BCUT2D eigenvalue weighted by molar-refractivity contribution is 6.15. The molecule has 8 bridgehead atoms. The van der Waals surface area contributed by atoms with Crippen LogP contribution in [-0.4, -0.2) is 34.5 Å². The van der Waals surface area contributed by atoms with Crippen molar-refractivity contribution in [2.24, 2.45) is 9.98 Å². The summed E-state index contributed by atoms with van der Waals surface area (Å²) in [7, 11) is 0. The van der Waals surface area contributed by atoms with E-state index < -0.39 is 0 Å². The molecule has 0 fully saturated rings. The van der Waals surface area contributed by atoms with Gasteiger partial charge in [-0.3, -0.25) is 0 Å². The molecule has 7 rings (SSSR count). The summed E-state index contributed by atoms with van der Waals surface area (Å²) in [4.78, 5) is 18.6. The second-order valence-corrected chi connectivity index (χ2v) is 14.2. The second-order valence-electron chi connectivity index (χ2n) is 14.2. The number of aliphatic imine (C=N–C) groups is 2. The van der Waals surface area contributed by atoms with Gasteiger partial charge in [-0.15, -0.1) is 0 Å². The molecule has 4 N–H and O–H groups in total. The summed E-state index contributed by atoms with van der Waals surface area (Å²) >= 11 is 0. The number of nitrogens with zero attached hydrogens (tertiary/aromatic N) is 2. The van der Waals surface area contributed by atoms with Crippen molar-refractivity contribution in [3.8, 4) is 0 Å². The highest BCUT2D eigenvalue weighted by Gasteiger charge is 2.28. The van der Waals surface area contributed by atoms with Crippen LogP contribution < -0.4 is 10.6 Å². The molecule has 0 spiro atoms. The molecule has 2 aromatic heterocycles. The first kappa shape index (κ1) is 33.4. The molecule has 0 unspecified atom stereocenters. The van der Waals surface area contributed by atoms with Crippen LogP contribution in [0, 0.1) is 41.5 Å². The Morgan fingerprint density at radius 3 is 1.26 bits per heavy atom. The zero-order chi connectivity index (χ0) is 35.1. The van der Waals surface area contributed by atoms with E-state index in [0.717, 1.165) is 107 Å². The average Bonchev–Trinajstić information content (AvgIpc) is 3.87. The van der Waals surface area contributed by atoms with Gasteiger partial charge < -0.3 is 20.6 Å². The third kappa shape index (κ3) is 6.12. The Labute approximate surface area is 297 Å². The van der Waals surface area contributed by atoms with Gasteiger partial charge in [0.25, 0.3) is 0 Å². The fraction of sp³-hybridized carbons (Fsp3) is 0.318. The molecule has 0 aliphatic carbocycles. The summed E-state index contributed by atoms with van der Waals surface area (Å²) < 4.78 is 0. The highest BCUT2D eigenvalue weighted by Crippen LogP contribution is 2.42. The lowest BCUT2D eigenvalue weighted by Crippen LogP contribution is -2.06. The number of rotatable bonds is 10. The molecule has 2 aromatic carbocycles. The van der Waals surface area contributed by atoms with E-state index in [0.29, 0.717) is 0 Å². The predicted molar refractivity (Wildman–Crippen MR) is 213 cm³/mol. The van der Waals surface area contributed by atoms with Crippen molar-refractivity contribution in [2.45, 2.75) is 81.1 Å². The van der Waals surface area contributed by atoms with Crippen molar-refractivity contribution < 1.29 is 0 Å². The lowest BCUT2D eigenvalue weighted by Gasteiger charge is -2.18. The van der Waals surface area contributed by atoms with E-state index in [4.69, 9.17) is 9.98 Å². The summed E-state index contributed by atoms with van der Waals surface area (Å²) in [5.74, 6) is 0. The molecule has 50 heavy (non-hydrogen) atoms. The Morgan fingerprint density at radius 2 is 0.900 bits per heavy atom. The van der Waals surface area contributed by atoms with Crippen molar-refractivity contribution in [1.29, 1.82) is 0 Å². The Morgan fingerprint density at radius 1 is 0.520 bits per heavy atom. The van der Waals surface area contributed by atoms with Gasteiger partial charge in [-0.1, -0.05) is 62.1 Å². The Balaban J connectivity index is 1.55. The van der Waals surface area contributed by atoms with Crippen LogP contribution in [0.1, 0.15) is 107 Å². The number of hydrogen-bond acceptors (Lipinski definition) is 4. The number of aryl methyl sites for hydroxylation is 6. The highest BCUT2D eigenvalue weighted by atomic mass is 15.0. The van der Waals surface area contributed by atoms with Crippen LogP contribution in [0.3, 0.4) is 0 Å². The number of benzene rings is 2. The van der Waals surface area contributed by atoms with E-state index in [1.165, 1.54) is 44.5 Å². The molecule has 0 amide bonds. The molecule has 0 saturated heterocycles. The van der Waals surface area contributed by atoms with E-state index in [2.05, 4.69) is 137 Å². The number of aromatic amines is 2. The van der Waals surface area contributed by atoms with E-state index >= 15 is 0 Å². The monoisotopic (exact) mass is 662 g/mol. The zero-order valence-electron chi connectivity index (χ0n) is 30.9. The first-order valence-corrected chi connectivity index (χ1v) is 18.3. The van der Waals surface area contributed by atoms with Crippen LogP contribution in [0.25, 0.3) is 11.1 Å². The maximum Gasteiger partial charge on any atom is 0.0873 e. The molecular weight excluding hydrogens is 613 g/mol. The number of hydrogen-bond donors (Lipinski definition) is 4. The molecule has 0 atom stereocenters. The molecule has 6 heteroatoms. The van der Waals surface area contributed by atoms with Crippen LogP contribution in [0.2, 0.25) is 0 Å². The number of allylic oxidation sites excluding steroid dienone is 4. The maximum absolute atomic E-state index is 5.41. The number of nitrogens with one attached hydrogen (secondary N) is 4. The van der Waals surface area contributed by atoms with E-state index in [1.807, 2.05) is 0 Å². The Kier molecular flexibility index (Phi) is 9.13. The van der Waals surface area contributed by atoms with Gasteiger partial charge in [0.05, 0.1) is 57.0 Å². The van der Waals surface area contributed by atoms with Crippen molar-refractivity contribution in [1.82, 2.24) is 9.97 Å².